The number of nitrogens with one attached hydrogen (secondary N) is 2. The van der Waals surface area contributed by atoms with E-state index in [1.807, 2.05) is 24.3 Å². The van der Waals surface area contributed by atoms with E-state index in [1.165, 1.54) is 12.1 Å². The van der Waals surface area contributed by atoms with Crippen LogP contribution < -0.4 is 15.4 Å². The predicted molar refractivity (Wildman–Crippen MR) is 104 cm³/mol. The van der Waals surface area contributed by atoms with E-state index in [1.54, 1.807) is 37.6 Å². The summed E-state index contributed by atoms with van der Waals surface area (Å²) in [6, 6.07) is 17.2. The third kappa shape index (κ3) is 4.82. The maximum absolute atomic E-state index is 13.6. The lowest BCUT2D eigenvalue weighted by molar-refractivity contribution is 0.102. The van der Waals surface area contributed by atoms with E-state index in [0.29, 0.717) is 6.54 Å². The summed E-state index contributed by atoms with van der Waals surface area (Å²) in [7, 11) is 1.65. The normalized spacial score (nSPS) is 10.3. The quantitative estimate of drug-likeness (QED) is 0.661. The summed E-state index contributed by atoms with van der Waals surface area (Å²) in [5.74, 6) is -0.0845. The highest BCUT2D eigenvalue weighted by atomic mass is 19.1. The van der Waals surface area contributed by atoms with Crippen LogP contribution in [-0.2, 0) is 6.42 Å². The first-order valence-electron chi connectivity index (χ1n) is 8.55. The van der Waals surface area contributed by atoms with Crippen LogP contribution in [0.15, 0.2) is 66.9 Å². The van der Waals surface area contributed by atoms with Crippen LogP contribution in [0.3, 0.4) is 0 Å². The second kappa shape index (κ2) is 8.80. The summed E-state index contributed by atoms with van der Waals surface area (Å²) in [6.45, 7) is 0.697. The molecule has 0 aliphatic rings. The third-order valence-electron chi connectivity index (χ3n) is 4.03. The molecule has 3 rings (SSSR count). The third-order valence-corrected chi connectivity index (χ3v) is 4.03. The molecule has 138 valence electrons. The Hall–Kier alpha value is -3.41. The van der Waals surface area contributed by atoms with E-state index in [2.05, 4.69) is 15.6 Å². The van der Waals surface area contributed by atoms with Crippen LogP contribution in [0.25, 0.3) is 0 Å². The molecule has 0 spiro atoms. The molecule has 1 amide bonds. The van der Waals surface area contributed by atoms with E-state index in [-0.39, 0.29) is 11.4 Å². The number of anilines is 2. The topological polar surface area (TPSA) is 63.2 Å². The molecule has 27 heavy (non-hydrogen) atoms. The summed E-state index contributed by atoms with van der Waals surface area (Å²) in [6.07, 6.45) is 2.37. The lowest BCUT2D eigenvalue weighted by atomic mass is 10.1. The number of carbonyl (C=O) groups is 1. The monoisotopic (exact) mass is 365 g/mol. The van der Waals surface area contributed by atoms with Crippen molar-refractivity contribution in [3.63, 3.8) is 0 Å². The van der Waals surface area contributed by atoms with Crippen molar-refractivity contribution in [2.75, 3.05) is 24.3 Å². The van der Waals surface area contributed by atoms with Crippen molar-refractivity contribution in [3.8, 4) is 5.75 Å². The maximum atomic E-state index is 13.6. The number of nitrogens with zero attached hydrogens (tertiary/aromatic N) is 1. The largest absolute Gasteiger partial charge is 0.496 e. The number of aromatic nitrogens is 1. The molecule has 6 heteroatoms. The standard InChI is InChI=1S/C21H20FN3O2/c1-27-20-9-5-2-6-15(20)12-13-23-16-10-11-19(24-14-16)21(26)25-18-8-4-3-7-17(18)22/h2-11,14,23H,12-13H2,1H3,(H,25,26). The first-order chi connectivity index (χ1) is 13.2. The highest BCUT2D eigenvalue weighted by Gasteiger charge is 2.10. The predicted octanol–water partition coefficient (Wildman–Crippen LogP) is 4.14. The van der Waals surface area contributed by atoms with Gasteiger partial charge in [0.25, 0.3) is 5.91 Å². The van der Waals surface area contributed by atoms with Crippen LogP contribution >= 0.6 is 0 Å². The van der Waals surface area contributed by atoms with Crippen LogP contribution in [-0.4, -0.2) is 24.5 Å². The van der Waals surface area contributed by atoms with Gasteiger partial charge in [0.05, 0.1) is 24.7 Å². The van der Waals surface area contributed by atoms with E-state index in [4.69, 9.17) is 4.74 Å². The molecule has 0 bridgehead atoms. The molecule has 0 aliphatic heterocycles. The van der Waals surface area contributed by atoms with Crippen LogP contribution in [0.4, 0.5) is 15.8 Å². The number of rotatable bonds is 7. The minimum absolute atomic E-state index is 0.128. The van der Waals surface area contributed by atoms with Crippen molar-refractivity contribution < 1.29 is 13.9 Å². The van der Waals surface area contributed by atoms with Gasteiger partial charge < -0.3 is 15.4 Å². The molecular formula is C21H20FN3O2. The van der Waals surface area contributed by atoms with Crippen LogP contribution in [0, 0.1) is 5.82 Å². The van der Waals surface area contributed by atoms with Gasteiger partial charge in [-0.25, -0.2) is 9.37 Å². The number of benzene rings is 2. The molecule has 0 unspecified atom stereocenters. The zero-order valence-corrected chi connectivity index (χ0v) is 14.9. The Morgan fingerprint density at radius 1 is 1.07 bits per heavy atom. The smallest absolute Gasteiger partial charge is 0.274 e. The summed E-state index contributed by atoms with van der Waals surface area (Å²) in [5.41, 5.74) is 2.26. The molecule has 0 atom stereocenters. The Kier molecular flexibility index (Phi) is 5.99. The number of ether oxygens (including phenoxy) is 1. The molecule has 5 nitrogen and oxygen atoms in total. The Morgan fingerprint density at radius 2 is 1.85 bits per heavy atom. The number of carbonyl (C=O) groups excluding carboxylic acids is 1. The molecular weight excluding hydrogens is 345 g/mol. The van der Waals surface area contributed by atoms with Crippen molar-refractivity contribution in [1.82, 2.24) is 4.98 Å². The molecule has 0 aliphatic carbocycles. The maximum Gasteiger partial charge on any atom is 0.274 e. The zero-order chi connectivity index (χ0) is 19.1. The molecule has 0 saturated heterocycles. The second-order valence-electron chi connectivity index (χ2n) is 5.85. The van der Waals surface area contributed by atoms with Gasteiger partial charge in [0.1, 0.15) is 17.3 Å². The first-order valence-corrected chi connectivity index (χ1v) is 8.55. The van der Waals surface area contributed by atoms with Gasteiger partial charge in [0.15, 0.2) is 0 Å². The van der Waals surface area contributed by atoms with Gasteiger partial charge in [-0.2, -0.15) is 0 Å². The van der Waals surface area contributed by atoms with Gasteiger partial charge in [-0.15, -0.1) is 0 Å². The van der Waals surface area contributed by atoms with Crippen molar-refractivity contribution >= 4 is 17.3 Å². The Morgan fingerprint density at radius 3 is 2.59 bits per heavy atom. The van der Waals surface area contributed by atoms with Crippen LogP contribution in [0.2, 0.25) is 0 Å². The van der Waals surface area contributed by atoms with Gasteiger partial charge in [0.2, 0.25) is 0 Å². The minimum Gasteiger partial charge on any atom is -0.496 e. The fraction of sp³-hybridized carbons (Fsp3) is 0.143. The number of pyridine rings is 1. The van der Waals surface area contributed by atoms with Gasteiger partial charge in [-0.05, 0) is 42.3 Å². The lowest BCUT2D eigenvalue weighted by Crippen LogP contribution is -2.15. The average molecular weight is 365 g/mol. The van der Waals surface area contributed by atoms with E-state index in [9.17, 15) is 9.18 Å². The number of hydrogen-bond donors (Lipinski definition) is 2. The van der Waals surface area contributed by atoms with Gasteiger partial charge in [-0.3, -0.25) is 4.79 Å². The number of amides is 1. The number of methoxy groups -OCH3 is 1. The molecule has 0 radical (unpaired) electrons. The van der Waals surface area contributed by atoms with Gasteiger partial charge in [-0.1, -0.05) is 30.3 Å². The Bertz CT molecular complexity index is 913. The average Bonchev–Trinajstić information content (AvgIpc) is 2.70. The van der Waals surface area contributed by atoms with E-state index < -0.39 is 11.7 Å². The van der Waals surface area contributed by atoms with E-state index >= 15 is 0 Å². The molecule has 1 heterocycles. The summed E-state index contributed by atoms with van der Waals surface area (Å²) >= 11 is 0. The van der Waals surface area contributed by atoms with Crippen molar-refractivity contribution in [2.45, 2.75) is 6.42 Å². The fourth-order valence-corrected chi connectivity index (χ4v) is 2.63. The Balaban J connectivity index is 1.55. The summed E-state index contributed by atoms with van der Waals surface area (Å²) in [5, 5.41) is 5.77. The van der Waals surface area contributed by atoms with Crippen molar-refractivity contribution in [3.05, 3.63) is 83.9 Å². The molecule has 2 N–H and O–H groups in total. The molecule has 3 aromatic rings. The van der Waals surface area contributed by atoms with Gasteiger partial charge >= 0.3 is 0 Å². The fourth-order valence-electron chi connectivity index (χ4n) is 2.63. The molecule has 0 saturated carbocycles. The lowest BCUT2D eigenvalue weighted by Gasteiger charge is -2.10. The zero-order valence-electron chi connectivity index (χ0n) is 14.9. The number of para-hydroxylation sites is 2. The number of hydrogen-bond acceptors (Lipinski definition) is 4. The van der Waals surface area contributed by atoms with Crippen molar-refractivity contribution in [2.24, 2.45) is 0 Å². The minimum atomic E-state index is -0.486. The van der Waals surface area contributed by atoms with E-state index in [0.717, 1.165) is 23.4 Å². The van der Waals surface area contributed by atoms with Crippen molar-refractivity contribution in [1.29, 1.82) is 0 Å². The van der Waals surface area contributed by atoms with Gasteiger partial charge in [0, 0.05) is 6.54 Å². The number of halogens is 1. The molecule has 2 aromatic carbocycles. The van der Waals surface area contributed by atoms with Crippen LogP contribution in [0.1, 0.15) is 16.1 Å². The SMILES string of the molecule is COc1ccccc1CCNc1ccc(C(=O)Nc2ccccc2F)nc1. The first kappa shape index (κ1) is 18.4. The summed E-state index contributed by atoms with van der Waals surface area (Å²) < 4.78 is 18.9. The van der Waals surface area contributed by atoms with Crippen LogP contribution in [0.5, 0.6) is 5.75 Å². The molecule has 0 fully saturated rings. The summed E-state index contributed by atoms with van der Waals surface area (Å²) in [4.78, 5) is 16.3. The Labute approximate surface area is 157 Å². The highest BCUT2D eigenvalue weighted by molar-refractivity contribution is 6.03. The second-order valence-corrected chi connectivity index (χ2v) is 5.85. The highest BCUT2D eigenvalue weighted by Crippen LogP contribution is 2.18. The molecule has 1 aromatic heterocycles.